The van der Waals surface area contributed by atoms with Crippen LogP contribution in [0.1, 0.15) is 13.3 Å². The molecule has 6 nitrogen and oxygen atoms in total. The van der Waals surface area contributed by atoms with E-state index in [2.05, 4.69) is 5.32 Å². The summed E-state index contributed by atoms with van der Waals surface area (Å²) >= 11 is 11.9. The molecule has 146 valence electrons. The number of rotatable bonds is 7. The molecule has 0 spiro atoms. The van der Waals surface area contributed by atoms with Gasteiger partial charge in [0.05, 0.1) is 29.1 Å². The van der Waals surface area contributed by atoms with Gasteiger partial charge in [-0.05, 0) is 36.8 Å². The Morgan fingerprint density at radius 1 is 1.19 bits per heavy atom. The normalized spacial score (nSPS) is 12.3. The summed E-state index contributed by atoms with van der Waals surface area (Å²) in [7, 11) is -2.25. The van der Waals surface area contributed by atoms with Crippen molar-refractivity contribution in [3.05, 3.63) is 52.5 Å². The summed E-state index contributed by atoms with van der Waals surface area (Å²) in [5, 5.41) is 3.34. The number of halogens is 2. The molecule has 0 fully saturated rings. The van der Waals surface area contributed by atoms with Crippen molar-refractivity contribution in [2.45, 2.75) is 19.4 Å². The van der Waals surface area contributed by atoms with Gasteiger partial charge in [0.25, 0.3) is 0 Å². The van der Waals surface area contributed by atoms with Crippen molar-refractivity contribution in [1.82, 2.24) is 0 Å². The highest BCUT2D eigenvalue weighted by molar-refractivity contribution is 7.92. The van der Waals surface area contributed by atoms with Gasteiger partial charge in [0, 0.05) is 11.8 Å². The lowest BCUT2D eigenvalue weighted by Crippen LogP contribution is -2.47. The van der Waals surface area contributed by atoms with Gasteiger partial charge in [-0.25, -0.2) is 8.42 Å². The largest absolute Gasteiger partial charge is 0.497 e. The Morgan fingerprint density at radius 3 is 2.44 bits per heavy atom. The van der Waals surface area contributed by atoms with Crippen LogP contribution in [0.15, 0.2) is 42.5 Å². The topological polar surface area (TPSA) is 75.7 Å². The first-order valence-corrected chi connectivity index (χ1v) is 10.7. The molecule has 0 aromatic heterocycles. The fourth-order valence-electron chi connectivity index (χ4n) is 2.61. The number of methoxy groups -OCH3 is 1. The van der Waals surface area contributed by atoms with Gasteiger partial charge in [0.1, 0.15) is 11.8 Å². The van der Waals surface area contributed by atoms with E-state index < -0.39 is 22.0 Å². The minimum absolute atomic E-state index is 0.261. The number of benzene rings is 2. The summed E-state index contributed by atoms with van der Waals surface area (Å²) in [6, 6.07) is 10.2. The molecule has 2 aromatic carbocycles. The van der Waals surface area contributed by atoms with Crippen molar-refractivity contribution >= 4 is 50.5 Å². The molecule has 0 aliphatic heterocycles. The predicted octanol–water partition coefficient (Wildman–Crippen LogP) is 4.19. The lowest BCUT2D eigenvalue weighted by molar-refractivity contribution is -0.117. The molecule has 0 heterocycles. The second-order valence-electron chi connectivity index (χ2n) is 5.80. The van der Waals surface area contributed by atoms with E-state index in [1.165, 1.54) is 13.2 Å². The van der Waals surface area contributed by atoms with Crippen molar-refractivity contribution in [2.24, 2.45) is 0 Å². The summed E-state index contributed by atoms with van der Waals surface area (Å²) in [5.74, 6) is 0.00466. The van der Waals surface area contributed by atoms with Crippen LogP contribution in [0.3, 0.4) is 0 Å². The molecular formula is C18H20Cl2N2O4S. The number of sulfonamides is 1. The van der Waals surface area contributed by atoms with Crippen LogP contribution >= 0.6 is 23.2 Å². The standard InChI is InChI=1S/C18H20Cl2N2O4S/c1-4-17(18(23)21-12-8-9-15(19)16(20)10-12)22(27(3,24)25)13-6-5-7-14(11-13)26-2/h5-11,17H,4H2,1-3H3,(H,21,23)/t17-/m1/s1. The van der Waals surface area contributed by atoms with Crippen LogP contribution in [0.2, 0.25) is 10.0 Å². The maximum Gasteiger partial charge on any atom is 0.248 e. The monoisotopic (exact) mass is 430 g/mol. The van der Waals surface area contributed by atoms with Crippen molar-refractivity contribution in [1.29, 1.82) is 0 Å². The van der Waals surface area contributed by atoms with E-state index in [1.54, 1.807) is 43.3 Å². The number of amides is 1. The summed E-state index contributed by atoms with van der Waals surface area (Å²) in [5.41, 5.74) is 0.764. The van der Waals surface area contributed by atoms with Crippen LogP contribution in [0, 0.1) is 0 Å². The third-order valence-corrected chi connectivity index (χ3v) is 5.74. The third-order valence-electron chi connectivity index (χ3n) is 3.82. The van der Waals surface area contributed by atoms with Crippen LogP contribution in [0.4, 0.5) is 11.4 Å². The smallest absolute Gasteiger partial charge is 0.248 e. The van der Waals surface area contributed by atoms with E-state index in [-0.39, 0.29) is 11.4 Å². The molecule has 9 heteroatoms. The number of hydrogen-bond acceptors (Lipinski definition) is 4. The molecule has 0 bridgehead atoms. The number of nitrogens with zero attached hydrogens (tertiary/aromatic N) is 1. The van der Waals surface area contributed by atoms with E-state index in [9.17, 15) is 13.2 Å². The SMILES string of the molecule is CC[C@H](C(=O)Nc1ccc(Cl)c(Cl)c1)N(c1cccc(OC)c1)S(C)(=O)=O. The molecule has 0 unspecified atom stereocenters. The van der Waals surface area contributed by atoms with Gasteiger partial charge in [-0.15, -0.1) is 0 Å². The number of carbonyl (C=O) groups is 1. The molecule has 0 aliphatic rings. The van der Waals surface area contributed by atoms with Gasteiger partial charge in [-0.2, -0.15) is 0 Å². The summed E-state index contributed by atoms with van der Waals surface area (Å²) < 4.78 is 31.2. The molecule has 1 amide bonds. The van der Waals surface area contributed by atoms with Crippen LogP contribution < -0.4 is 14.4 Å². The van der Waals surface area contributed by atoms with Crippen molar-refractivity contribution in [3.8, 4) is 5.75 Å². The zero-order chi connectivity index (χ0) is 20.2. The molecule has 1 N–H and O–H groups in total. The third kappa shape index (κ3) is 5.28. The second-order valence-corrected chi connectivity index (χ2v) is 8.48. The van der Waals surface area contributed by atoms with E-state index >= 15 is 0 Å². The molecule has 0 saturated heterocycles. The summed E-state index contributed by atoms with van der Waals surface area (Å²) in [6.07, 6.45) is 1.32. The van der Waals surface area contributed by atoms with Crippen molar-refractivity contribution in [2.75, 3.05) is 23.0 Å². The number of nitrogens with one attached hydrogen (secondary N) is 1. The quantitative estimate of drug-likeness (QED) is 0.714. The van der Waals surface area contributed by atoms with E-state index in [1.807, 2.05) is 0 Å². The second kappa shape index (κ2) is 8.82. The number of anilines is 2. The van der Waals surface area contributed by atoms with Crippen LogP contribution in [0.5, 0.6) is 5.75 Å². The molecule has 1 atom stereocenters. The van der Waals surface area contributed by atoms with Crippen LogP contribution in [-0.2, 0) is 14.8 Å². The van der Waals surface area contributed by atoms with Crippen molar-refractivity contribution < 1.29 is 17.9 Å². The minimum atomic E-state index is -3.74. The highest BCUT2D eigenvalue weighted by Gasteiger charge is 2.31. The van der Waals surface area contributed by atoms with Crippen LogP contribution in [0.25, 0.3) is 0 Å². The predicted molar refractivity (Wildman–Crippen MR) is 109 cm³/mol. The highest BCUT2D eigenvalue weighted by Crippen LogP contribution is 2.28. The Morgan fingerprint density at radius 2 is 1.89 bits per heavy atom. The Kier molecular flexibility index (Phi) is 6.97. The number of ether oxygens (including phenoxy) is 1. The van der Waals surface area contributed by atoms with Gasteiger partial charge in [-0.1, -0.05) is 36.2 Å². The zero-order valence-corrected chi connectivity index (χ0v) is 17.4. The Bertz CT molecular complexity index is 935. The van der Waals surface area contributed by atoms with Crippen molar-refractivity contribution in [3.63, 3.8) is 0 Å². The van der Waals surface area contributed by atoms with E-state index in [4.69, 9.17) is 27.9 Å². The van der Waals surface area contributed by atoms with Gasteiger partial charge in [-0.3, -0.25) is 9.10 Å². The molecular weight excluding hydrogens is 411 g/mol. The molecule has 0 aliphatic carbocycles. The Balaban J connectivity index is 2.39. The average molecular weight is 431 g/mol. The number of carbonyl (C=O) groups excluding carboxylic acids is 1. The zero-order valence-electron chi connectivity index (χ0n) is 15.1. The van der Waals surface area contributed by atoms with Gasteiger partial charge < -0.3 is 10.1 Å². The minimum Gasteiger partial charge on any atom is -0.497 e. The molecule has 27 heavy (non-hydrogen) atoms. The maximum atomic E-state index is 12.8. The first kappa shape index (κ1) is 21.3. The first-order valence-electron chi connectivity index (χ1n) is 8.06. The van der Waals surface area contributed by atoms with Crippen LogP contribution in [-0.4, -0.2) is 33.7 Å². The summed E-state index contributed by atoms with van der Waals surface area (Å²) in [4.78, 5) is 12.8. The number of hydrogen-bond donors (Lipinski definition) is 1. The summed E-state index contributed by atoms with van der Waals surface area (Å²) in [6.45, 7) is 1.73. The first-order chi connectivity index (χ1) is 12.7. The lowest BCUT2D eigenvalue weighted by Gasteiger charge is -2.30. The van der Waals surface area contributed by atoms with Gasteiger partial charge >= 0.3 is 0 Å². The van der Waals surface area contributed by atoms with E-state index in [0.29, 0.717) is 22.1 Å². The van der Waals surface area contributed by atoms with E-state index in [0.717, 1.165) is 10.6 Å². The van der Waals surface area contributed by atoms with Gasteiger partial charge in [0.2, 0.25) is 15.9 Å². The molecule has 2 aromatic rings. The fraction of sp³-hybridized carbons (Fsp3) is 0.278. The Labute approximate surface area is 169 Å². The molecule has 2 rings (SSSR count). The molecule has 0 radical (unpaired) electrons. The Hall–Kier alpha value is -1.96. The fourth-order valence-corrected chi connectivity index (χ4v) is 4.11. The lowest BCUT2D eigenvalue weighted by atomic mass is 10.1. The molecule has 0 saturated carbocycles. The maximum absolute atomic E-state index is 12.8. The highest BCUT2D eigenvalue weighted by atomic mass is 35.5. The average Bonchev–Trinajstić information content (AvgIpc) is 2.61. The van der Waals surface area contributed by atoms with Gasteiger partial charge in [0.15, 0.2) is 0 Å².